The third-order valence-corrected chi connectivity index (χ3v) is 2.33. The second kappa shape index (κ2) is 4.63. The van der Waals surface area contributed by atoms with Gasteiger partial charge in [0.2, 0.25) is 0 Å². The van der Waals surface area contributed by atoms with Crippen molar-refractivity contribution in [3.63, 3.8) is 0 Å². The molecule has 0 amide bonds. The van der Waals surface area contributed by atoms with Gasteiger partial charge < -0.3 is 15.9 Å². The van der Waals surface area contributed by atoms with Gasteiger partial charge in [-0.2, -0.15) is 12.6 Å². The first-order chi connectivity index (χ1) is 6.57. The highest BCUT2D eigenvalue weighted by molar-refractivity contribution is 7.80. The first kappa shape index (κ1) is 11.3. The number of rotatable bonds is 3. The van der Waals surface area contributed by atoms with Gasteiger partial charge in [0.15, 0.2) is 0 Å². The van der Waals surface area contributed by atoms with Crippen LogP contribution in [0.5, 0.6) is 0 Å². The molecule has 14 heavy (non-hydrogen) atoms. The predicted molar refractivity (Wildman–Crippen MR) is 55.6 cm³/mol. The third kappa shape index (κ3) is 2.17. The minimum Gasteiger partial charge on any atom is -0.396 e. The lowest BCUT2D eigenvalue weighted by molar-refractivity contribution is 0.0341. The summed E-state index contributed by atoms with van der Waals surface area (Å²) in [6, 6.07) is 4.09. The van der Waals surface area contributed by atoms with Gasteiger partial charge in [0.05, 0.1) is 11.8 Å². The zero-order valence-electron chi connectivity index (χ0n) is 7.39. The monoisotopic (exact) mass is 217 g/mol. The average Bonchev–Trinajstić information content (AvgIpc) is 2.20. The van der Waals surface area contributed by atoms with Crippen molar-refractivity contribution in [3.05, 3.63) is 29.6 Å². The average molecular weight is 217 g/mol. The molecule has 1 rings (SSSR count). The minimum atomic E-state index is -1.21. The van der Waals surface area contributed by atoms with Gasteiger partial charge in [-0.1, -0.05) is 12.1 Å². The van der Waals surface area contributed by atoms with E-state index in [2.05, 4.69) is 12.6 Å². The second-order valence-corrected chi connectivity index (χ2v) is 3.30. The highest BCUT2D eigenvalue weighted by Crippen LogP contribution is 2.25. The van der Waals surface area contributed by atoms with Crippen molar-refractivity contribution in [3.8, 4) is 0 Å². The fourth-order valence-electron chi connectivity index (χ4n) is 1.12. The highest BCUT2D eigenvalue weighted by Gasteiger charge is 2.20. The topological polar surface area (TPSA) is 66.5 Å². The van der Waals surface area contributed by atoms with Gasteiger partial charge in [-0.15, -0.1) is 0 Å². The van der Waals surface area contributed by atoms with Crippen LogP contribution in [0.15, 0.2) is 18.2 Å². The fourth-order valence-corrected chi connectivity index (χ4v) is 1.32. The van der Waals surface area contributed by atoms with Crippen molar-refractivity contribution < 1.29 is 14.6 Å². The molecule has 4 N–H and O–H groups in total. The molecule has 0 fully saturated rings. The second-order valence-electron chi connectivity index (χ2n) is 2.94. The molecule has 3 nitrogen and oxygen atoms in total. The number of nitrogens with two attached hydrogens (primary N) is 1. The van der Waals surface area contributed by atoms with E-state index >= 15 is 0 Å². The molecule has 0 radical (unpaired) electrons. The Balaban J connectivity index is 3.01. The Kier molecular flexibility index (Phi) is 3.74. The summed E-state index contributed by atoms with van der Waals surface area (Å²) in [5.74, 6) is -0.523. The maximum atomic E-state index is 13.0. The summed E-state index contributed by atoms with van der Waals surface area (Å²) >= 11 is 3.82. The Hall–Kier alpha value is -0.780. The van der Waals surface area contributed by atoms with Crippen molar-refractivity contribution in [2.24, 2.45) is 0 Å². The lowest BCUT2D eigenvalue weighted by Crippen LogP contribution is -2.21. The Morgan fingerprint density at radius 1 is 1.43 bits per heavy atom. The number of hydrogen-bond acceptors (Lipinski definition) is 4. The van der Waals surface area contributed by atoms with Crippen LogP contribution < -0.4 is 5.73 Å². The SMILES string of the molecule is Nc1c(F)cccc1C(O)C(O)CS. The lowest BCUT2D eigenvalue weighted by atomic mass is 10.0. The number of hydrogen-bond donors (Lipinski definition) is 4. The molecule has 0 saturated heterocycles. The van der Waals surface area contributed by atoms with Crippen LogP contribution in [0.25, 0.3) is 0 Å². The molecule has 1 aromatic rings. The summed E-state index contributed by atoms with van der Waals surface area (Å²) < 4.78 is 13.0. The molecule has 78 valence electrons. The Bertz CT molecular complexity index is 322. The van der Waals surface area contributed by atoms with Crippen molar-refractivity contribution in [1.29, 1.82) is 0 Å². The highest BCUT2D eigenvalue weighted by atomic mass is 32.1. The van der Waals surface area contributed by atoms with Crippen LogP contribution in [0.4, 0.5) is 10.1 Å². The van der Waals surface area contributed by atoms with E-state index in [0.29, 0.717) is 0 Å². The standard InChI is InChI=1S/C9H12FNO2S/c10-6-3-1-2-5(8(6)11)9(13)7(12)4-14/h1-3,7,9,12-14H,4,11H2. The molecule has 0 heterocycles. The Labute approximate surface area is 86.8 Å². The predicted octanol–water partition coefficient (Wildman–Crippen LogP) is 0.732. The zero-order valence-corrected chi connectivity index (χ0v) is 8.29. The largest absolute Gasteiger partial charge is 0.396 e. The Morgan fingerprint density at radius 2 is 2.07 bits per heavy atom. The molecular weight excluding hydrogens is 205 g/mol. The van der Waals surface area contributed by atoms with Crippen LogP contribution >= 0.6 is 12.6 Å². The summed E-state index contributed by atoms with van der Waals surface area (Å²) in [6.45, 7) is 0. The minimum absolute atomic E-state index is 0.0805. The van der Waals surface area contributed by atoms with Gasteiger partial charge in [-0.05, 0) is 6.07 Å². The van der Waals surface area contributed by atoms with Gasteiger partial charge >= 0.3 is 0 Å². The van der Waals surface area contributed by atoms with Gasteiger partial charge in [-0.3, -0.25) is 0 Å². The summed E-state index contributed by atoms with van der Waals surface area (Å²) in [5.41, 5.74) is 5.45. The molecular formula is C9H12FNO2S. The normalized spacial score (nSPS) is 15.1. The van der Waals surface area contributed by atoms with E-state index in [1.807, 2.05) is 0 Å². The number of thiol groups is 1. The molecule has 0 aliphatic carbocycles. The summed E-state index contributed by atoms with van der Waals surface area (Å²) in [7, 11) is 0. The maximum absolute atomic E-state index is 13.0. The number of aliphatic hydroxyl groups is 2. The van der Waals surface area contributed by atoms with Crippen LogP contribution in [0.2, 0.25) is 0 Å². The number of anilines is 1. The zero-order chi connectivity index (χ0) is 10.7. The van der Waals surface area contributed by atoms with E-state index in [-0.39, 0.29) is 17.0 Å². The van der Waals surface area contributed by atoms with Crippen LogP contribution in [0.1, 0.15) is 11.7 Å². The molecule has 0 bridgehead atoms. The summed E-state index contributed by atoms with van der Waals surface area (Å²) in [6.07, 6.45) is -2.26. The molecule has 1 aromatic carbocycles. The van der Waals surface area contributed by atoms with Gasteiger partial charge in [0.1, 0.15) is 11.9 Å². The summed E-state index contributed by atoms with van der Waals surface area (Å²) in [5, 5.41) is 18.8. The van der Waals surface area contributed by atoms with Gasteiger partial charge in [-0.25, -0.2) is 4.39 Å². The van der Waals surface area contributed by atoms with Gasteiger partial charge in [0, 0.05) is 11.3 Å². The fraction of sp³-hybridized carbons (Fsp3) is 0.333. The van der Waals surface area contributed by atoms with E-state index in [9.17, 15) is 14.6 Å². The molecule has 2 atom stereocenters. The lowest BCUT2D eigenvalue weighted by Gasteiger charge is -2.17. The number of aliphatic hydroxyl groups excluding tert-OH is 2. The molecule has 2 unspecified atom stereocenters. The quantitative estimate of drug-likeness (QED) is 0.446. The molecule has 0 aromatic heterocycles. The number of nitrogen functional groups attached to an aromatic ring is 1. The molecule has 0 spiro atoms. The number of halogens is 1. The number of benzene rings is 1. The smallest absolute Gasteiger partial charge is 0.146 e. The van der Waals surface area contributed by atoms with Crippen LogP contribution in [0, 0.1) is 5.82 Å². The van der Waals surface area contributed by atoms with Crippen molar-refractivity contribution >= 4 is 18.3 Å². The van der Waals surface area contributed by atoms with E-state index in [0.717, 1.165) is 0 Å². The van der Waals surface area contributed by atoms with E-state index in [1.165, 1.54) is 18.2 Å². The molecule has 0 aliphatic rings. The molecule has 0 saturated carbocycles. The van der Waals surface area contributed by atoms with E-state index < -0.39 is 18.0 Å². The van der Waals surface area contributed by atoms with Crippen molar-refractivity contribution in [2.45, 2.75) is 12.2 Å². The Morgan fingerprint density at radius 3 is 2.64 bits per heavy atom. The maximum Gasteiger partial charge on any atom is 0.146 e. The van der Waals surface area contributed by atoms with Gasteiger partial charge in [0.25, 0.3) is 0 Å². The van der Waals surface area contributed by atoms with Crippen LogP contribution in [-0.2, 0) is 0 Å². The van der Waals surface area contributed by atoms with E-state index in [1.54, 1.807) is 0 Å². The first-order valence-corrected chi connectivity index (χ1v) is 4.72. The van der Waals surface area contributed by atoms with Crippen molar-refractivity contribution in [1.82, 2.24) is 0 Å². The molecule has 5 heteroatoms. The summed E-state index contributed by atoms with van der Waals surface area (Å²) in [4.78, 5) is 0. The first-order valence-electron chi connectivity index (χ1n) is 4.08. The van der Waals surface area contributed by atoms with Crippen LogP contribution in [0.3, 0.4) is 0 Å². The number of para-hydroxylation sites is 1. The van der Waals surface area contributed by atoms with Crippen LogP contribution in [-0.4, -0.2) is 22.1 Å². The third-order valence-electron chi connectivity index (χ3n) is 1.96. The van der Waals surface area contributed by atoms with Crippen molar-refractivity contribution in [2.75, 3.05) is 11.5 Å². The van der Waals surface area contributed by atoms with E-state index in [4.69, 9.17) is 5.73 Å². The molecule has 0 aliphatic heterocycles.